The van der Waals surface area contributed by atoms with Crippen molar-refractivity contribution in [1.29, 1.82) is 0 Å². The highest BCUT2D eigenvalue weighted by molar-refractivity contribution is 5.22. The smallest absolute Gasteiger partial charge is 0.0713 e. The lowest BCUT2D eigenvalue weighted by molar-refractivity contribution is 0.185. The van der Waals surface area contributed by atoms with Crippen molar-refractivity contribution < 1.29 is 4.74 Å². The second kappa shape index (κ2) is 6.77. The molecule has 0 radical (unpaired) electrons. The molecule has 2 rings (SSSR count). The van der Waals surface area contributed by atoms with E-state index in [9.17, 15) is 0 Å². The molecule has 1 aliphatic rings. The van der Waals surface area contributed by atoms with E-state index in [-0.39, 0.29) is 0 Å². The maximum absolute atomic E-state index is 5.15. The normalized spacial score (nSPS) is 16.5. The summed E-state index contributed by atoms with van der Waals surface area (Å²) >= 11 is 0. The van der Waals surface area contributed by atoms with E-state index in [1.165, 1.54) is 43.4 Å². The molecule has 94 valence electrons. The lowest BCUT2D eigenvalue weighted by atomic mass is 10.1. The Labute approximate surface area is 104 Å². The number of hydrogen-bond acceptors (Lipinski definition) is 2. The fourth-order valence-corrected chi connectivity index (χ4v) is 2.63. The molecular weight excluding hydrogens is 210 g/mol. The largest absolute Gasteiger partial charge is 0.380 e. The summed E-state index contributed by atoms with van der Waals surface area (Å²) in [7, 11) is 1.74. The zero-order chi connectivity index (χ0) is 11.9. The Kier molecular flexibility index (Phi) is 5.02. The molecule has 0 heterocycles. The van der Waals surface area contributed by atoms with Crippen LogP contribution in [0.1, 0.15) is 36.8 Å². The summed E-state index contributed by atoms with van der Waals surface area (Å²) < 4.78 is 5.15. The molecule has 0 bridgehead atoms. The molecule has 0 spiro atoms. The molecule has 0 amide bonds. The molecule has 1 N–H and O–H groups in total. The summed E-state index contributed by atoms with van der Waals surface area (Å²) in [5.41, 5.74) is 2.62. The van der Waals surface area contributed by atoms with Gasteiger partial charge in [0.05, 0.1) is 6.61 Å². The number of methoxy groups -OCH3 is 1. The van der Waals surface area contributed by atoms with E-state index in [4.69, 9.17) is 4.74 Å². The van der Waals surface area contributed by atoms with Crippen LogP contribution in [0.3, 0.4) is 0 Å². The Hall–Kier alpha value is -0.860. The highest BCUT2D eigenvalue weighted by Gasteiger charge is 2.13. The number of hydrogen-bond donors (Lipinski definition) is 1. The van der Waals surface area contributed by atoms with E-state index in [2.05, 4.69) is 29.6 Å². The number of rotatable bonds is 6. The quantitative estimate of drug-likeness (QED) is 0.815. The standard InChI is InChI=1S/C15H23NO/c1-17-12-15-8-4-7-14(9-15)11-16-10-13-5-2-3-6-13/h4,7-9,13,16H,2-3,5-6,10-12H2,1H3. The molecular formula is C15H23NO. The van der Waals surface area contributed by atoms with Gasteiger partial charge in [-0.25, -0.2) is 0 Å². The second-order valence-corrected chi connectivity index (χ2v) is 5.03. The molecule has 1 aromatic rings. The first-order valence-corrected chi connectivity index (χ1v) is 6.66. The number of nitrogens with one attached hydrogen (secondary N) is 1. The van der Waals surface area contributed by atoms with Gasteiger partial charge in [-0.1, -0.05) is 37.1 Å². The minimum absolute atomic E-state index is 0.705. The van der Waals surface area contributed by atoms with Crippen LogP contribution in [0.25, 0.3) is 0 Å². The lowest BCUT2D eigenvalue weighted by Gasteiger charge is -2.11. The molecule has 0 aromatic heterocycles. The Morgan fingerprint density at radius 3 is 2.76 bits per heavy atom. The first-order chi connectivity index (χ1) is 8.38. The van der Waals surface area contributed by atoms with Gasteiger partial charge in [-0.3, -0.25) is 0 Å². The molecule has 0 atom stereocenters. The van der Waals surface area contributed by atoms with Crippen LogP contribution in [0.5, 0.6) is 0 Å². The summed E-state index contributed by atoms with van der Waals surface area (Å²) in [6.07, 6.45) is 5.68. The van der Waals surface area contributed by atoms with Crippen LogP contribution < -0.4 is 5.32 Å². The van der Waals surface area contributed by atoms with Gasteiger partial charge in [0.15, 0.2) is 0 Å². The van der Waals surface area contributed by atoms with E-state index in [1.54, 1.807) is 7.11 Å². The van der Waals surface area contributed by atoms with Gasteiger partial charge in [-0.05, 0) is 36.4 Å². The van der Waals surface area contributed by atoms with E-state index < -0.39 is 0 Å². The van der Waals surface area contributed by atoms with Crippen LogP contribution >= 0.6 is 0 Å². The van der Waals surface area contributed by atoms with Crippen molar-refractivity contribution in [1.82, 2.24) is 5.32 Å². The van der Waals surface area contributed by atoms with E-state index in [0.29, 0.717) is 6.61 Å². The van der Waals surface area contributed by atoms with Gasteiger partial charge in [0.25, 0.3) is 0 Å². The highest BCUT2D eigenvalue weighted by Crippen LogP contribution is 2.23. The monoisotopic (exact) mass is 233 g/mol. The molecule has 1 aromatic carbocycles. The average Bonchev–Trinajstić information content (AvgIpc) is 2.83. The first kappa shape index (κ1) is 12.6. The maximum atomic E-state index is 5.15. The summed E-state index contributed by atoms with van der Waals surface area (Å²) in [4.78, 5) is 0. The third kappa shape index (κ3) is 4.14. The molecule has 0 saturated heterocycles. The van der Waals surface area contributed by atoms with Crippen LogP contribution in [0.15, 0.2) is 24.3 Å². The first-order valence-electron chi connectivity index (χ1n) is 6.66. The molecule has 1 aliphatic carbocycles. The summed E-state index contributed by atoms with van der Waals surface area (Å²) in [6, 6.07) is 8.64. The van der Waals surface area contributed by atoms with Crippen LogP contribution in [-0.2, 0) is 17.9 Å². The fraction of sp³-hybridized carbons (Fsp3) is 0.600. The number of ether oxygens (including phenoxy) is 1. The fourth-order valence-electron chi connectivity index (χ4n) is 2.63. The van der Waals surface area contributed by atoms with Crippen molar-refractivity contribution in [2.75, 3.05) is 13.7 Å². The van der Waals surface area contributed by atoms with Gasteiger partial charge in [0.1, 0.15) is 0 Å². The predicted octanol–water partition coefficient (Wildman–Crippen LogP) is 3.11. The van der Waals surface area contributed by atoms with Crippen molar-refractivity contribution in [3.8, 4) is 0 Å². The summed E-state index contributed by atoms with van der Waals surface area (Å²) in [6.45, 7) is 2.86. The van der Waals surface area contributed by atoms with Crippen LogP contribution in [-0.4, -0.2) is 13.7 Å². The maximum Gasteiger partial charge on any atom is 0.0713 e. The SMILES string of the molecule is COCc1cccc(CNCC2CCCC2)c1. The Morgan fingerprint density at radius 2 is 2.00 bits per heavy atom. The lowest BCUT2D eigenvalue weighted by Crippen LogP contribution is -2.20. The number of benzene rings is 1. The zero-order valence-corrected chi connectivity index (χ0v) is 10.7. The average molecular weight is 233 g/mol. The molecule has 2 heteroatoms. The van der Waals surface area contributed by atoms with Crippen LogP contribution in [0, 0.1) is 5.92 Å². The Morgan fingerprint density at radius 1 is 1.24 bits per heavy atom. The minimum atomic E-state index is 0.705. The molecule has 0 aliphatic heterocycles. The van der Waals surface area contributed by atoms with E-state index >= 15 is 0 Å². The van der Waals surface area contributed by atoms with Crippen molar-refractivity contribution >= 4 is 0 Å². The second-order valence-electron chi connectivity index (χ2n) is 5.03. The van der Waals surface area contributed by atoms with Gasteiger partial charge >= 0.3 is 0 Å². The minimum Gasteiger partial charge on any atom is -0.380 e. The highest BCUT2D eigenvalue weighted by atomic mass is 16.5. The van der Waals surface area contributed by atoms with E-state index in [0.717, 1.165) is 12.5 Å². The third-order valence-corrected chi connectivity index (χ3v) is 3.54. The van der Waals surface area contributed by atoms with Crippen LogP contribution in [0.2, 0.25) is 0 Å². The van der Waals surface area contributed by atoms with Crippen LogP contribution in [0.4, 0.5) is 0 Å². The van der Waals surface area contributed by atoms with Crippen molar-refractivity contribution in [2.45, 2.75) is 38.8 Å². The van der Waals surface area contributed by atoms with E-state index in [1.807, 2.05) is 0 Å². The molecule has 1 saturated carbocycles. The predicted molar refractivity (Wildman–Crippen MR) is 70.8 cm³/mol. The summed E-state index contributed by atoms with van der Waals surface area (Å²) in [5, 5.41) is 3.57. The van der Waals surface area contributed by atoms with Gasteiger partial charge in [0.2, 0.25) is 0 Å². The molecule has 0 unspecified atom stereocenters. The Balaban J connectivity index is 1.75. The van der Waals surface area contributed by atoms with Gasteiger partial charge < -0.3 is 10.1 Å². The van der Waals surface area contributed by atoms with Crippen molar-refractivity contribution in [3.63, 3.8) is 0 Å². The van der Waals surface area contributed by atoms with Crippen molar-refractivity contribution in [3.05, 3.63) is 35.4 Å². The molecule has 2 nitrogen and oxygen atoms in total. The topological polar surface area (TPSA) is 21.3 Å². The summed E-state index contributed by atoms with van der Waals surface area (Å²) in [5.74, 6) is 0.914. The molecule has 1 fully saturated rings. The van der Waals surface area contributed by atoms with Gasteiger partial charge in [-0.15, -0.1) is 0 Å². The zero-order valence-electron chi connectivity index (χ0n) is 10.7. The Bertz CT molecular complexity index is 331. The van der Waals surface area contributed by atoms with Gasteiger partial charge in [0, 0.05) is 13.7 Å². The van der Waals surface area contributed by atoms with Crippen molar-refractivity contribution in [2.24, 2.45) is 5.92 Å². The molecule has 17 heavy (non-hydrogen) atoms. The third-order valence-electron chi connectivity index (χ3n) is 3.54. The van der Waals surface area contributed by atoms with Gasteiger partial charge in [-0.2, -0.15) is 0 Å².